The van der Waals surface area contributed by atoms with E-state index in [0.29, 0.717) is 28.9 Å². The zero-order valence-corrected chi connectivity index (χ0v) is 17.8. The molecule has 2 amide bonds. The molecule has 3 atom stereocenters. The van der Waals surface area contributed by atoms with Gasteiger partial charge in [0.2, 0.25) is 5.91 Å². The second kappa shape index (κ2) is 9.96. The van der Waals surface area contributed by atoms with E-state index in [0.717, 1.165) is 12.2 Å². The summed E-state index contributed by atoms with van der Waals surface area (Å²) in [4.78, 5) is 25.0. The second-order valence-corrected chi connectivity index (χ2v) is 7.86. The average Bonchev–Trinajstić information content (AvgIpc) is 3.19. The second-order valence-electron chi connectivity index (χ2n) is 7.86. The fraction of sp³-hybridized carbons (Fsp3) is 0.391. The molecule has 7 heteroatoms. The molecule has 160 valence electrons. The highest BCUT2D eigenvalue weighted by Crippen LogP contribution is 2.33. The molecule has 0 bridgehead atoms. The number of ether oxygens (including phenoxy) is 1. The topological polar surface area (TPSA) is 79.5 Å². The Labute approximate surface area is 183 Å². The Hall–Kier alpha value is -2.57. The summed E-state index contributed by atoms with van der Waals surface area (Å²) in [6.45, 7) is 0. The molecule has 0 spiro atoms. The molecule has 2 aliphatic rings. The summed E-state index contributed by atoms with van der Waals surface area (Å²) < 4.78 is 5.12. The van der Waals surface area contributed by atoms with Crippen molar-refractivity contribution in [1.82, 2.24) is 5.32 Å². The van der Waals surface area contributed by atoms with Crippen molar-refractivity contribution in [3.05, 3.63) is 54.1 Å². The molecule has 1 aliphatic carbocycles. The zero-order chi connectivity index (χ0) is 20.2. The van der Waals surface area contributed by atoms with Gasteiger partial charge in [-0.25, -0.2) is 0 Å². The van der Waals surface area contributed by atoms with E-state index in [4.69, 9.17) is 4.74 Å². The van der Waals surface area contributed by atoms with E-state index in [1.807, 2.05) is 0 Å². The maximum absolute atomic E-state index is 12.6. The van der Waals surface area contributed by atoms with Crippen LogP contribution >= 0.6 is 12.4 Å². The van der Waals surface area contributed by atoms with Gasteiger partial charge in [-0.2, -0.15) is 0 Å². The van der Waals surface area contributed by atoms with Gasteiger partial charge in [0, 0.05) is 23.0 Å². The number of amides is 2. The maximum atomic E-state index is 12.6. The van der Waals surface area contributed by atoms with Gasteiger partial charge in [-0.15, -0.1) is 12.4 Å². The Kier molecular flexibility index (Phi) is 7.34. The van der Waals surface area contributed by atoms with Crippen molar-refractivity contribution in [2.24, 2.45) is 5.92 Å². The first-order valence-corrected chi connectivity index (χ1v) is 10.2. The molecule has 3 N–H and O–H groups in total. The highest BCUT2D eigenvalue weighted by molar-refractivity contribution is 6.04. The molecule has 2 aromatic carbocycles. The third kappa shape index (κ3) is 5.12. The molecule has 3 unspecified atom stereocenters. The van der Waals surface area contributed by atoms with Crippen LogP contribution < -0.4 is 20.7 Å². The minimum Gasteiger partial charge on any atom is -0.497 e. The number of nitrogens with one attached hydrogen (secondary N) is 3. The molecular weight excluding hydrogens is 402 g/mol. The third-order valence-electron chi connectivity index (χ3n) is 5.94. The first-order valence-electron chi connectivity index (χ1n) is 10.2. The monoisotopic (exact) mass is 429 g/mol. The minimum absolute atomic E-state index is 0. The van der Waals surface area contributed by atoms with Crippen LogP contribution in [0, 0.1) is 5.92 Å². The van der Waals surface area contributed by atoms with Gasteiger partial charge in [0.05, 0.1) is 13.2 Å². The predicted octanol–water partition coefficient (Wildman–Crippen LogP) is 4.23. The zero-order valence-electron chi connectivity index (χ0n) is 17.0. The molecule has 2 aromatic rings. The van der Waals surface area contributed by atoms with Crippen LogP contribution in [0.3, 0.4) is 0 Å². The average molecular weight is 430 g/mol. The molecule has 1 saturated heterocycles. The van der Waals surface area contributed by atoms with Crippen LogP contribution in [0.2, 0.25) is 0 Å². The summed E-state index contributed by atoms with van der Waals surface area (Å²) in [5.41, 5.74) is 1.93. The number of methoxy groups -OCH3 is 1. The van der Waals surface area contributed by atoms with E-state index in [2.05, 4.69) is 16.0 Å². The Bertz CT molecular complexity index is 856. The van der Waals surface area contributed by atoms with Gasteiger partial charge < -0.3 is 20.7 Å². The highest BCUT2D eigenvalue weighted by Gasteiger charge is 2.38. The van der Waals surface area contributed by atoms with E-state index in [1.54, 1.807) is 55.6 Å². The normalized spacial score (nSPS) is 22.4. The minimum atomic E-state index is -0.199. The molecule has 2 fully saturated rings. The number of fused-ring (bicyclic) bond motifs is 1. The number of carbonyl (C=O) groups is 2. The lowest BCUT2D eigenvalue weighted by Crippen LogP contribution is -2.39. The number of rotatable bonds is 5. The SMILES string of the molecule is COc1ccc(NC(=O)c2ccc(NC(=O)C3CC4CCCCC4N3)cc2)cc1.Cl. The fourth-order valence-electron chi connectivity index (χ4n) is 4.33. The first kappa shape index (κ1) is 22.1. The number of carbonyl (C=O) groups excluding carboxylic acids is 2. The van der Waals surface area contributed by atoms with Gasteiger partial charge in [-0.1, -0.05) is 12.8 Å². The molecular formula is C23H28ClN3O3. The number of halogens is 1. The van der Waals surface area contributed by atoms with Gasteiger partial charge in [0.25, 0.3) is 5.91 Å². The summed E-state index contributed by atoms with van der Waals surface area (Å²) >= 11 is 0. The molecule has 0 radical (unpaired) electrons. The lowest BCUT2D eigenvalue weighted by atomic mass is 9.85. The maximum Gasteiger partial charge on any atom is 0.255 e. The molecule has 6 nitrogen and oxygen atoms in total. The van der Waals surface area contributed by atoms with Crippen LogP contribution in [-0.2, 0) is 4.79 Å². The lowest BCUT2D eigenvalue weighted by molar-refractivity contribution is -0.117. The van der Waals surface area contributed by atoms with Crippen molar-refractivity contribution in [1.29, 1.82) is 0 Å². The van der Waals surface area contributed by atoms with Gasteiger partial charge >= 0.3 is 0 Å². The Morgan fingerprint density at radius 3 is 2.23 bits per heavy atom. The summed E-state index contributed by atoms with van der Waals surface area (Å²) in [6, 6.07) is 14.5. The lowest BCUT2D eigenvalue weighted by Gasteiger charge is -2.24. The van der Waals surface area contributed by atoms with Crippen LogP contribution in [0.5, 0.6) is 5.75 Å². The Morgan fingerprint density at radius 1 is 0.933 bits per heavy atom. The van der Waals surface area contributed by atoms with Crippen LogP contribution in [0.1, 0.15) is 42.5 Å². The van der Waals surface area contributed by atoms with E-state index in [9.17, 15) is 9.59 Å². The van der Waals surface area contributed by atoms with Crippen LogP contribution in [0.4, 0.5) is 11.4 Å². The van der Waals surface area contributed by atoms with Crippen LogP contribution in [-0.4, -0.2) is 31.0 Å². The van der Waals surface area contributed by atoms with E-state index in [-0.39, 0.29) is 30.3 Å². The summed E-state index contributed by atoms with van der Waals surface area (Å²) in [7, 11) is 1.60. The molecule has 4 rings (SSSR count). The van der Waals surface area contributed by atoms with E-state index >= 15 is 0 Å². The summed E-state index contributed by atoms with van der Waals surface area (Å²) in [5.74, 6) is 1.17. The van der Waals surface area contributed by atoms with Crippen molar-refractivity contribution >= 4 is 35.6 Å². The van der Waals surface area contributed by atoms with Crippen molar-refractivity contribution in [2.75, 3.05) is 17.7 Å². The highest BCUT2D eigenvalue weighted by atomic mass is 35.5. The van der Waals surface area contributed by atoms with E-state index < -0.39 is 0 Å². The van der Waals surface area contributed by atoms with Gasteiger partial charge in [-0.3, -0.25) is 9.59 Å². The van der Waals surface area contributed by atoms with Crippen molar-refractivity contribution < 1.29 is 14.3 Å². The standard InChI is InChI=1S/C23H27N3O3.ClH/c1-29-19-12-10-18(11-13-19)24-22(27)15-6-8-17(9-7-15)25-23(28)21-14-16-4-2-3-5-20(16)26-21;/h6-13,16,20-21,26H,2-5,14H2,1H3,(H,24,27)(H,25,28);1H. The molecule has 1 aliphatic heterocycles. The van der Waals surface area contributed by atoms with Crippen LogP contribution in [0.15, 0.2) is 48.5 Å². The molecule has 1 saturated carbocycles. The van der Waals surface area contributed by atoms with Gasteiger partial charge in [0.1, 0.15) is 5.75 Å². The largest absolute Gasteiger partial charge is 0.497 e. The number of benzene rings is 2. The van der Waals surface area contributed by atoms with Crippen molar-refractivity contribution in [3.63, 3.8) is 0 Å². The van der Waals surface area contributed by atoms with Crippen molar-refractivity contribution in [2.45, 2.75) is 44.2 Å². The Balaban J connectivity index is 0.00000256. The third-order valence-corrected chi connectivity index (χ3v) is 5.94. The Morgan fingerprint density at radius 2 is 1.57 bits per heavy atom. The van der Waals surface area contributed by atoms with E-state index in [1.165, 1.54) is 25.7 Å². The quantitative estimate of drug-likeness (QED) is 0.664. The predicted molar refractivity (Wildman–Crippen MR) is 121 cm³/mol. The van der Waals surface area contributed by atoms with Gasteiger partial charge in [-0.05, 0) is 73.7 Å². The number of hydrogen-bond acceptors (Lipinski definition) is 4. The smallest absolute Gasteiger partial charge is 0.255 e. The molecule has 30 heavy (non-hydrogen) atoms. The molecule has 1 heterocycles. The summed E-state index contributed by atoms with van der Waals surface area (Å²) in [6.07, 6.45) is 5.84. The summed E-state index contributed by atoms with van der Waals surface area (Å²) in [5, 5.41) is 9.32. The fourth-order valence-corrected chi connectivity index (χ4v) is 4.33. The van der Waals surface area contributed by atoms with Gasteiger partial charge in [0.15, 0.2) is 0 Å². The number of hydrogen-bond donors (Lipinski definition) is 3. The first-order chi connectivity index (χ1) is 14.1. The molecule has 0 aromatic heterocycles. The van der Waals surface area contributed by atoms with Crippen LogP contribution in [0.25, 0.3) is 0 Å². The number of anilines is 2. The van der Waals surface area contributed by atoms with Crippen molar-refractivity contribution in [3.8, 4) is 5.75 Å².